The number of aromatic nitrogens is 1. The summed E-state index contributed by atoms with van der Waals surface area (Å²) < 4.78 is 83.1. The van der Waals surface area contributed by atoms with E-state index < -0.39 is 74.0 Å². The average Bonchev–Trinajstić information content (AvgIpc) is 2.76. The van der Waals surface area contributed by atoms with E-state index in [1.807, 2.05) is 0 Å². The van der Waals surface area contributed by atoms with E-state index in [4.69, 9.17) is 25.0 Å². The molecule has 0 aromatic carbocycles. The normalized spacial score (nSPS) is 37.0. The van der Waals surface area contributed by atoms with Crippen molar-refractivity contribution < 1.29 is 25.0 Å². The smallest absolute Gasteiger partial charge is 0.398 e. The molecule has 4 nitrogen and oxygen atoms in total. The molecular weight excluding hydrogens is 265 g/mol. The van der Waals surface area contributed by atoms with Crippen LogP contribution in [0.25, 0.3) is 0 Å². The van der Waals surface area contributed by atoms with Gasteiger partial charge in [0.05, 0.1) is 20.9 Å². The topological polar surface area (TPSA) is 40.6 Å². The van der Waals surface area contributed by atoms with E-state index in [2.05, 4.69) is 4.98 Å². The fraction of sp³-hybridized carbons (Fsp3) is 0.688. The zero-order valence-corrected chi connectivity index (χ0v) is 12.7. The summed E-state index contributed by atoms with van der Waals surface area (Å²) >= 11 is 0. The molecule has 0 aliphatic carbocycles. The molecule has 2 saturated heterocycles. The van der Waals surface area contributed by atoms with Gasteiger partial charge in [-0.25, -0.2) is 0 Å². The fourth-order valence-electron chi connectivity index (χ4n) is 2.02. The van der Waals surface area contributed by atoms with Crippen molar-refractivity contribution in [2.24, 2.45) is 0 Å². The molecule has 5 heteroatoms. The molecule has 2 fully saturated rings. The number of nitrogens with zero attached hydrogens (tertiary/aromatic N) is 1. The second-order valence-electron chi connectivity index (χ2n) is 6.04. The first-order valence-electron chi connectivity index (χ1n) is 10.9. The second kappa shape index (κ2) is 5.38. The van der Waals surface area contributed by atoms with Gasteiger partial charge >= 0.3 is 7.12 Å². The van der Waals surface area contributed by atoms with E-state index in [1.165, 1.54) is 0 Å². The number of rotatable bonds is 2. The molecule has 114 valence electrons. The molecule has 0 N–H and O–H groups in total. The van der Waals surface area contributed by atoms with Gasteiger partial charge in [0, 0.05) is 26.2 Å². The number of hydrogen-bond acceptors (Lipinski definition) is 4. The van der Waals surface area contributed by atoms with Crippen molar-refractivity contribution in [1.29, 1.82) is 0 Å². The standard InChI is InChI=1S/C16H24BNO3/c1-15(2)16(3,4)21-17(20-15)14-6-5-13(11-18-14)12-7-9-19-10-8-12/h5-6,11-12H,7-10H2,1-4H3/i5D,6D,7D2,8D2,11D,12D. The molecule has 2 aliphatic heterocycles. The first kappa shape index (κ1) is 8.09. The Hall–Kier alpha value is -0.905. The lowest BCUT2D eigenvalue weighted by Crippen LogP contribution is -2.41. The molecule has 0 amide bonds. The quantitative estimate of drug-likeness (QED) is 0.785. The van der Waals surface area contributed by atoms with Crippen molar-refractivity contribution in [3.63, 3.8) is 0 Å². The molecule has 3 heterocycles. The third kappa shape index (κ3) is 2.87. The summed E-state index contributed by atoms with van der Waals surface area (Å²) in [5, 5.41) is 0. The number of hydrogen-bond donors (Lipinski definition) is 0. The summed E-state index contributed by atoms with van der Waals surface area (Å²) in [7, 11) is -1.11. The van der Waals surface area contributed by atoms with Crippen LogP contribution in [0.4, 0.5) is 0 Å². The number of pyridine rings is 1. The van der Waals surface area contributed by atoms with Crippen molar-refractivity contribution >= 4 is 12.7 Å². The molecule has 0 bridgehead atoms. The van der Waals surface area contributed by atoms with Gasteiger partial charge in [0.15, 0.2) is 0 Å². The van der Waals surface area contributed by atoms with Crippen molar-refractivity contribution in [3.05, 3.63) is 23.8 Å². The lowest BCUT2D eigenvalue weighted by Gasteiger charge is -2.32. The van der Waals surface area contributed by atoms with Gasteiger partial charge in [0.1, 0.15) is 0 Å². The maximum absolute atomic E-state index is 8.70. The molecule has 1 aromatic heterocycles. The third-order valence-corrected chi connectivity index (χ3v) is 4.03. The van der Waals surface area contributed by atoms with Gasteiger partial charge in [-0.2, -0.15) is 0 Å². The average molecular weight is 297 g/mol. The van der Waals surface area contributed by atoms with Gasteiger partial charge in [-0.3, -0.25) is 4.98 Å². The van der Waals surface area contributed by atoms with Crippen molar-refractivity contribution in [1.82, 2.24) is 4.98 Å². The number of ether oxygens (including phenoxy) is 1. The van der Waals surface area contributed by atoms with Crippen molar-refractivity contribution in [2.45, 2.75) is 57.5 Å². The Bertz CT molecular complexity index is 816. The minimum absolute atomic E-state index is 0.126. The van der Waals surface area contributed by atoms with Crippen molar-refractivity contribution in [3.8, 4) is 0 Å². The van der Waals surface area contributed by atoms with E-state index in [-0.39, 0.29) is 5.59 Å². The Labute approximate surface area is 138 Å². The predicted octanol–water partition coefficient (Wildman–Crippen LogP) is 2.27. The van der Waals surface area contributed by atoms with Crippen LogP contribution in [-0.4, -0.2) is 36.5 Å². The van der Waals surface area contributed by atoms with Crippen LogP contribution in [0, 0.1) is 0 Å². The summed E-state index contributed by atoms with van der Waals surface area (Å²) in [6.07, 6.45) is -5.74. The van der Waals surface area contributed by atoms with E-state index in [1.54, 1.807) is 27.7 Å². The molecule has 2 aliphatic rings. The summed E-state index contributed by atoms with van der Waals surface area (Å²) in [5.74, 6) is -2.65. The van der Waals surface area contributed by atoms with Crippen LogP contribution in [0.5, 0.6) is 0 Å². The van der Waals surface area contributed by atoms with Crippen LogP contribution in [0.15, 0.2) is 18.3 Å². The lowest BCUT2D eigenvalue weighted by molar-refractivity contribution is 0.00578. The molecule has 0 atom stereocenters. The molecule has 0 unspecified atom stereocenters. The van der Waals surface area contributed by atoms with Gasteiger partial charge in [0.25, 0.3) is 0 Å². The Morgan fingerprint density at radius 2 is 1.86 bits per heavy atom. The van der Waals surface area contributed by atoms with Crippen LogP contribution in [0.1, 0.15) is 62.9 Å². The summed E-state index contributed by atoms with van der Waals surface area (Å²) in [6.45, 7) is 6.08. The van der Waals surface area contributed by atoms with Crippen LogP contribution < -0.4 is 5.59 Å². The summed E-state index contributed by atoms with van der Waals surface area (Å²) in [5.41, 5.74) is -2.18. The van der Waals surface area contributed by atoms with E-state index in [0.717, 1.165) is 0 Å². The highest BCUT2D eigenvalue weighted by Gasteiger charge is 2.52. The minimum Gasteiger partial charge on any atom is -0.398 e. The first-order valence-corrected chi connectivity index (χ1v) is 6.90. The zero-order chi connectivity index (χ0) is 22.2. The molecule has 0 radical (unpaired) electrons. The second-order valence-corrected chi connectivity index (χ2v) is 6.04. The third-order valence-electron chi connectivity index (χ3n) is 4.03. The molecule has 21 heavy (non-hydrogen) atoms. The lowest BCUT2D eigenvalue weighted by atomic mass is 9.83. The highest BCUT2D eigenvalue weighted by Crippen LogP contribution is 2.36. The van der Waals surface area contributed by atoms with E-state index >= 15 is 0 Å². The highest BCUT2D eigenvalue weighted by atomic mass is 16.7. The Balaban J connectivity index is 2.17. The van der Waals surface area contributed by atoms with Crippen LogP contribution >= 0.6 is 0 Å². The first-order chi connectivity index (χ1) is 13.0. The van der Waals surface area contributed by atoms with Gasteiger partial charge in [-0.1, -0.05) is 6.04 Å². The van der Waals surface area contributed by atoms with E-state index in [0.29, 0.717) is 0 Å². The summed E-state index contributed by atoms with van der Waals surface area (Å²) in [6, 6.07) is -1.13. The monoisotopic (exact) mass is 297 g/mol. The predicted molar refractivity (Wildman–Crippen MR) is 82.7 cm³/mol. The highest BCUT2D eigenvalue weighted by molar-refractivity contribution is 6.61. The van der Waals surface area contributed by atoms with Gasteiger partial charge < -0.3 is 14.0 Å². The Morgan fingerprint density at radius 3 is 2.48 bits per heavy atom. The van der Waals surface area contributed by atoms with Crippen LogP contribution in [-0.2, 0) is 14.0 Å². The van der Waals surface area contributed by atoms with Crippen molar-refractivity contribution in [2.75, 3.05) is 13.2 Å². The molecule has 0 saturated carbocycles. The SMILES string of the molecule is [2H]c1nc(B2OC(C)(C)C(C)(C)O2)c([2H])c([2H])c1C1([2H])C([2H])([2H])COCC1([2H])[2H]. The van der Waals surface area contributed by atoms with E-state index in [9.17, 15) is 0 Å². The maximum atomic E-state index is 8.70. The van der Waals surface area contributed by atoms with Gasteiger partial charge in [0.2, 0.25) is 0 Å². The molecule has 1 aromatic rings. The minimum atomic E-state index is -2.65. The fourth-order valence-corrected chi connectivity index (χ4v) is 2.02. The Kier molecular flexibility index (Phi) is 2.07. The molecular formula is C16H24BNO3. The van der Waals surface area contributed by atoms with Gasteiger partial charge in [-0.05, 0) is 57.9 Å². The molecule has 0 spiro atoms. The van der Waals surface area contributed by atoms with Crippen LogP contribution in [0.2, 0.25) is 0 Å². The maximum Gasteiger partial charge on any atom is 0.514 e. The Morgan fingerprint density at radius 1 is 1.24 bits per heavy atom. The van der Waals surface area contributed by atoms with Crippen LogP contribution in [0.3, 0.4) is 0 Å². The van der Waals surface area contributed by atoms with Gasteiger partial charge in [-0.15, -0.1) is 0 Å². The summed E-state index contributed by atoms with van der Waals surface area (Å²) in [4.78, 5) is 4.01. The largest absolute Gasteiger partial charge is 0.514 e. The molecule has 3 rings (SSSR count). The zero-order valence-electron chi connectivity index (χ0n) is 20.7.